The molecule has 2 heterocycles. The van der Waals surface area contributed by atoms with Crippen LogP contribution in [0.2, 0.25) is 0 Å². The number of ether oxygens (including phenoxy) is 1. The lowest BCUT2D eigenvalue weighted by Gasteiger charge is -2.31. The average molecular weight is 352 g/mol. The standard InChI is InChI=1S/C20H24N4O2/c1-13(14-3-7-17(26-2)8-4-14)23-20(25)15-11-18-19(22-12-15)24(10-9-21-18)16-5-6-16/h3-4,7-8,11-13,16,21H,5-6,9-10H2,1-2H3,(H,23,25). The Bertz CT molecular complexity index is 802. The van der Waals surface area contributed by atoms with Gasteiger partial charge in [0.05, 0.1) is 24.4 Å². The molecule has 136 valence electrons. The van der Waals surface area contributed by atoms with Gasteiger partial charge < -0.3 is 20.3 Å². The van der Waals surface area contributed by atoms with E-state index in [2.05, 4.69) is 20.5 Å². The van der Waals surface area contributed by atoms with E-state index in [1.165, 1.54) is 12.8 Å². The Morgan fingerprint density at radius 1 is 1.35 bits per heavy atom. The van der Waals surface area contributed by atoms with Gasteiger partial charge in [0.2, 0.25) is 0 Å². The number of nitrogens with zero attached hydrogens (tertiary/aromatic N) is 2. The molecule has 1 unspecified atom stereocenters. The lowest BCUT2D eigenvalue weighted by atomic mass is 10.1. The number of methoxy groups -OCH3 is 1. The molecular weight excluding hydrogens is 328 g/mol. The Balaban J connectivity index is 1.47. The van der Waals surface area contributed by atoms with Crippen LogP contribution in [0.15, 0.2) is 36.5 Å². The summed E-state index contributed by atoms with van der Waals surface area (Å²) in [5.74, 6) is 1.66. The third-order valence-corrected chi connectivity index (χ3v) is 5.02. The Kier molecular flexibility index (Phi) is 4.41. The average Bonchev–Trinajstić information content (AvgIpc) is 3.52. The summed E-state index contributed by atoms with van der Waals surface area (Å²) < 4.78 is 5.18. The largest absolute Gasteiger partial charge is 0.497 e. The van der Waals surface area contributed by atoms with E-state index in [1.54, 1.807) is 13.3 Å². The smallest absolute Gasteiger partial charge is 0.253 e. The molecule has 1 fully saturated rings. The predicted octanol–water partition coefficient (Wildman–Crippen LogP) is 2.98. The quantitative estimate of drug-likeness (QED) is 0.866. The van der Waals surface area contributed by atoms with Gasteiger partial charge >= 0.3 is 0 Å². The van der Waals surface area contributed by atoms with E-state index in [4.69, 9.17) is 4.74 Å². The summed E-state index contributed by atoms with van der Waals surface area (Å²) in [6.45, 7) is 3.84. The van der Waals surface area contributed by atoms with Crippen molar-refractivity contribution in [1.29, 1.82) is 0 Å². The molecule has 0 bridgehead atoms. The number of rotatable bonds is 5. The first-order valence-electron chi connectivity index (χ1n) is 9.11. The molecule has 1 aliphatic carbocycles. The molecule has 26 heavy (non-hydrogen) atoms. The molecule has 0 saturated heterocycles. The second-order valence-corrected chi connectivity index (χ2v) is 6.91. The maximum Gasteiger partial charge on any atom is 0.253 e. The van der Waals surface area contributed by atoms with E-state index >= 15 is 0 Å². The first-order chi connectivity index (χ1) is 12.7. The van der Waals surface area contributed by atoms with Crippen molar-refractivity contribution >= 4 is 17.4 Å². The number of nitrogens with one attached hydrogen (secondary N) is 2. The zero-order valence-corrected chi connectivity index (χ0v) is 15.2. The highest BCUT2D eigenvalue weighted by Crippen LogP contribution is 2.36. The Morgan fingerprint density at radius 3 is 2.81 bits per heavy atom. The van der Waals surface area contributed by atoms with E-state index in [-0.39, 0.29) is 11.9 Å². The van der Waals surface area contributed by atoms with Crippen LogP contribution in [0.25, 0.3) is 0 Å². The fourth-order valence-corrected chi connectivity index (χ4v) is 3.36. The fraction of sp³-hybridized carbons (Fsp3) is 0.400. The Morgan fingerprint density at radius 2 is 2.12 bits per heavy atom. The number of hydrogen-bond donors (Lipinski definition) is 2. The van der Waals surface area contributed by atoms with E-state index < -0.39 is 0 Å². The normalized spacial score (nSPS) is 17.1. The molecule has 1 saturated carbocycles. The third-order valence-electron chi connectivity index (χ3n) is 5.02. The highest BCUT2D eigenvalue weighted by atomic mass is 16.5. The van der Waals surface area contributed by atoms with Gasteiger partial charge in [-0.2, -0.15) is 0 Å². The van der Waals surface area contributed by atoms with Crippen molar-refractivity contribution in [3.8, 4) is 5.75 Å². The van der Waals surface area contributed by atoms with Gasteiger partial charge in [0.25, 0.3) is 5.91 Å². The number of benzene rings is 1. The second-order valence-electron chi connectivity index (χ2n) is 6.91. The molecule has 6 heteroatoms. The van der Waals surface area contributed by atoms with Gasteiger partial charge in [-0.25, -0.2) is 4.98 Å². The Labute approximate surface area is 153 Å². The van der Waals surface area contributed by atoms with Crippen molar-refractivity contribution < 1.29 is 9.53 Å². The van der Waals surface area contributed by atoms with Crippen LogP contribution in [-0.2, 0) is 0 Å². The number of carbonyl (C=O) groups excluding carboxylic acids is 1. The van der Waals surface area contributed by atoms with Crippen molar-refractivity contribution in [2.45, 2.75) is 31.8 Å². The summed E-state index contributed by atoms with van der Waals surface area (Å²) in [6, 6.07) is 10.2. The summed E-state index contributed by atoms with van der Waals surface area (Å²) in [5.41, 5.74) is 2.56. The molecule has 0 radical (unpaired) electrons. The van der Waals surface area contributed by atoms with Crippen LogP contribution in [0.5, 0.6) is 5.75 Å². The minimum absolute atomic E-state index is 0.0969. The fourth-order valence-electron chi connectivity index (χ4n) is 3.36. The molecule has 4 rings (SSSR count). The summed E-state index contributed by atoms with van der Waals surface area (Å²) in [6.07, 6.45) is 4.16. The molecule has 6 nitrogen and oxygen atoms in total. The maximum atomic E-state index is 12.6. The molecule has 1 aromatic heterocycles. The number of carbonyl (C=O) groups is 1. The van der Waals surface area contributed by atoms with Crippen molar-refractivity contribution in [1.82, 2.24) is 10.3 Å². The molecular formula is C20H24N4O2. The van der Waals surface area contributed by atoms with Crippen LogP contribution in [0.3, 0.4) is 0 Å². The number of hydrogen-bond acceptors (Lipinski definition) is 5. The minimum Gasteiger partial charge on any atom is -0.497 e. The molecule has 1 amide bonds. The van der Waals surface area contributed by atoms with Crippen LogP contribution >= 0.6 is 0 Å². The monoisotopic (exact) mass is 352 g/mol. The van der Waals surface area contributed by atoms with Gasteiger partial charge in [0.15, 0.2) is 5.82 Å². The number of pyridine rings is 1. The lowest BCUT2D eigenvalue weighted by Crippen LogP contribution is -2.36. The minimum atomic E-state index is -0.117. The molecule has 0 spiro atoms. The van der Waals surface area contributed by atoms with Crippen LogP contribution in [0.1, 0.15) is 41.7 Å². The van der Waals surface area contributed by atoms with Gasteiger partial charge in [0.1, 0.15) is 5.75 Å². The van der Waals surface area contributed by atoms with Gasteiger partial charge in [-0.3, -0.25) is 4.79 Å². The molecule has 1 atom stereocenters. The summed E-state index contributed by atoms with van der Waals surface area (Å²) >= 11 is 0. The lowest BCUT2D eigenvalue weighted by molar-refractivity contribution is 0.0939. The highest BCUT2D eigenvalue weighted by Gasteiger charge is 2.33. The van der Waals surface area contributed by atoms with Crippen LogP contribution in [0.4, 0.5) is 11.5 Å². The van der Waals surface area contributed by atoms with Gasteiger partial charge in [-0.15, -0.1) is 0 Å². The molecule has 2 aliphatic rings. The number of anilines is 2. The van der Waals surface area contributed by atoms with Crippen molar-refractivity contribution in [2.75, 3.05) is 30.4 Å². The van der Waals surface area contributed by atoms with E-state index in [9.17, 15) is 4.79 Å². The van der Waals surface area contributed by atoms with Gasteiger partial charge in [-0.1, -0.05) is 12.1 Å². The van der Waals surface area contributed by atoms with E-state index in [1.807, 2.05) is 37.3 Å². The van der Waals surface area contributed by atoms with Crippen LogP contribution < -0.4 is 20.3 Å². The number of fused-ring (bicyclic) bond motifs is 1. The van der Waals surface area contributed by atoms with Crippen molar-refractivity contribution in [3.63, 3.8) is 0 Å². The topological polar surface area (TPSA) is 66.5 Å². The molecule has 2 aromatic rings. The zero-order chi connectivity index (χ0) is 18.1. The SMILES string of the molecule is COc1ccc(C(C)NC(=O)c2cnc3c(c2)NCCN3C2CC2)cc1. The van der Waals surface area contributed by atoms with Gasteiger partial charge in [-0.05, 0) is 43.5 Å². The second kappa shape index (κ2) is 6.86. The van der Waals surface area contributed by atoms with Crippen LogP contribution in [-0.4, -0.2) is 37.1 Å². The third kappa shape index (κ3) is 3.31. The molecule has 2 N–H and O–H groups in total. The summed E-state index contributed by atoms with van der Waals surface area (Å²) in [5, 5.41) is 6.41. The van der Waals surface area contributed by atoms with E-state index in [0.29, 0.717) is 11.6 Å². The summed E-state index contributed by atoms with van der Waals surface area (Å²) in [7, 11) is 1.64. The van der Waals surface area contributed by atoms with Crippen molar-refractivity contribution in [2.24, 2.45) is 0 Å². The molecule has 1 aromatic carbocycles. The van der Waals surface area contributed by atoms with Crippen LogP contribution in [0, 0.1) is 0 Å². The number of aromatic nitrogens is 1. The first-order valence-corrected chi connectivity index (χ1v) is 9.11. The maximum absolute atomic E-state index is 12.6. The van der Waals surface area contributed by atoms with Crippen molar-refractivity contribution in [3.05, 3.63) is 47.7 Å². The Hall–Kier alpha value is -2.76. The summed E-state index contributed by atoms with van der Waals surface area (Å²) in [4.78, 5) is 19.6. The number of amides is 1. The zero-order valence-electron chi connectivity index (χ0n) is 15.2. The van der Waals surface area contributed by atoms with E-state index in [0.717, 1.165) is 35.9 Å². The van der Waals surface area contributed by atoms with Gasteiger partial charge in [0, 0.05) is 25.3 Å². The predicted molar refractivity (Wildman–Crippen MR) is 102 cm³/mol. The highest BCUT2D eigenvalue weighted by molar-refractivity contribution is 5.96. The first kappa shape index (κ1) is 16.7. The molecule has 1 aliphatic heterocycles.